The van der Waals surface area contributed by atoms with E-state index in [0.717, 1.165) is 63.5 Å². The second-order valence-electron chi connectivity index (χ2n) is 6.36. The van der Waals surface area contributed by atoms with Crippen LogP contribution in [0, 0.1) is 11.8 Å². The minimum atomic E-state index is -0.577. The van der Waals surface area contributed by atoms with Gasteiger partial charge in [0.15, 0.2) is 0 Å². The van der Waals surface area contributed by atoms with Crippen LogP contribution in [0.5, 0.6) is 0 Å². The zero-order valence-corrected chi connectivity index (χ0v) is 11.8. The average Bonchev–Trinajstić information content (AvgIpc) is 2.39. The standard InChI is InChI=1S/C15H27NO2/c1-3-13-4-8-15(9-5-13,14(17)18)16-10-6-12(2)7-11-16/h12-13H,3-11H2,1-2H3,(H,17,18). The Kier molecular flexibility index (Phi) is 4.31. The lowest BCUT2D eigenvalue weighted by atomic mass is 9.73. The molecule has 3 nitrogen and oxygen atoms in total. The van der Waals surface area contributed by atoms with Crippen LogP contribution in [0.4, 0.5) is 0 Å². The van der Waals surface area contributed by atoms with E-state index in [2.05, 4.69) is 18.7 Å². The normalized spacial score (nSPS) is 35.6. The van der Waals surface area contributed by atoms with Gasteiger partial charge in [-0.05, 0) is 63.5 Å². The van der Waals surface area contributed by atoms with Crippen LogP contribution >= 0.6 is 0 Å². The van der Waals surface area contributed by atoms with Crippen LogP contribution in [-0.2, 0) is 4.79 Å². The summed E-state index contributed by atoms with van der Waals surface area (Å²) in [5.41, 5.74) is -0.536. The number of rotatable bonds is 3. The van der Waals surface area contributed by atoms with Gasteiger partial charge in [0.05, 0.1) is 0 Å². The fraction of sp³-hybridized carbons (Fsp3) is 0.933. The van der Waals surface area contributed by atoms with Gasteiger partial charge in [0.1, 0.15) is 5.54 Å². The molecule has 2 fully saturated rings. The summed E-state index contributed by atoms with van der Waals surface area (Å²) in [5.74, 6) is 0.937. The predicted octanol–water partition coefficient (Wildman–Crippen LogP) is 3.14. The zero-order valence-electron chi connectivity index (χ0n) is 11.8. The van der Waals surface area contributed by atoms with E-state index in [9.17, 15) is 9.90 Å². The van der Waals surface area contributed by atoms with Crippen molar-refractivity contribution in [2.75, 3.05) is 13.1 Å². The van der Waals surface area contributed by atoms with E-state index in [0.29, 0.717) is 0 Å². The molecule has 1 heterocycles. The molecule has 0 atom stereocenters. The Morgan fingerprint density at radius 3 is 2.22 bits per heavy atom. The molecule has 0 radical (unpaired) electrons. The second kappa shape index (κ2) is 5.60. The fourth-order valence-electron chi connectivity index (χ4n) is 3.67. The Labute approximate surface area is 111 Å². The molecule has 1 saturated heterocycles. The van der Waals surface area contributed by atoms with Crippen molar-refractivity contribution in [3.63, 3.8) is 0 Å². The number of nitrogens with zero attached hydrogens (tertiary/aromatic N) is 1. The Hall–Kier alpha value is -0.570. The van der Waals surface area contributed by atoms with Gasteiger partial charge in [-0.3, -0.25) is 9.69 Å². The summed E-state index contributed by atoms with van der Waals surface area (Å²) in [6.07, 6.45) is 7.42. The number of hydrogen-bond acceptors (Lipinski definition) is 2. The minimum absolute atomic E-state index is 0.536. The van der Waals surface area contributed by atoms with E-state index in [1.54, 1.807) is 0 Å². The van der Waals surface area contributed by atoms with Crippen LogP contribution in [0.2, 0.25) is 0 Å². The van der Waals surface area contributed by atoms with Crippen molar-refractivity contribution in [2.45, 2.75) is 64.3 Å². The summed E-state index contributed by atoms with van der Waals surface area (Å²) in [6.45, 7) is 6.45. The maximum atomic E-state index is 11.8. The van der Waals surface area contributed by atoms with E-state index >= 15 is 0 Å². The molecule has 1 saturated carbocycles. The Balaban J connectivity index is 2.06. The van der Waals surface area contributed by atoms with E-state index < -0.39 is 11.5 Å². The number of carboxylic acids is 1. The van der Waals surface area contributed by atoms with Gasteiger partial charge in [-0.2, -0.15) is 0 Å². The van der Waals surface area contributed by atoms with Crippen LogP contribution in [0.25, 0.3) is 0 Å². The minimum Gasteiger partial charge on any atom is -0.480 e. The molecule has 0 aromatic heterocycles. The smallest absolute Gasteiger partial charge is 0.324 e. The molecule has 1 aliphatic carbocycles. The maximum Gasteiger partial charge on any atom is 0.324 e. The van der Waals surface area contributed by atoms with Crippen molar-refractivity contribution in [3.05, 3.63) is 0 Å². The molecule has 0 aromatic rings. The highest BCUT2D eigenvalue weighted by Crippen LogP contribution is 2.39. The molecular weight excluding hydrogens is 226 g/mol. The molecule has 18 heavy (non-hydrogen) atoms. The van der Waals surface area contributed by atoms with Crippen molar-refractivity contribution in [1.82, 2.24) is 4.90 Å². The highest BCUT2D eigenvalue weighted by molar-refractivity contribution is 5.79. The van der Waals surface area contributed by atoms with Crippen LogP contribution in [0.3, 0.4) is 0 Å². The molecule has 2 aliphatic rings. The van der Waals surface area contributed by atoms with E-state index in [1.807, 2.05) is 0 Å². The van der Waals surface area contributed by atoms with Gasteiger partial charge in [0, 0.05) is 0 Å². The molecule has 0 aromatic carbocycles. The largest absolute Gasteiger partial charge is 0.480 e. The third kappa shape index (κ3) is 2.56. The Morgan fingerprint density at radius 1 is 1.22 bits per heavy atom. The lowest BCUT2D eigenvalue weighted by Crippen LogP contribution is -2.58. The van der Waals surface area contributed by atoms with Gasteiger partial charge < -0.3 is 5.11 Å². The van der Waals surface area contributed by atoms with Gasteiger partial charge in [-0.15, -0.1) is 0 Å². The highest BCUT2D eigenvalue weighted by Gasteiger charge is 2.46. The Morgan fingerprint density at radius 2 is 1.78 bits per heavy atom. The second-order valence-corrected chi connectivity index (χ2v) is 6.36. The topological polar surface area (TPSA) is 40.5 Å². The monoisotopic (exact) mass is 253 g/mol. The van der Waals surface area contributed by atoms with Crippen LogP contribution < -0.4 is 0 Å². The summed E-state index contributed by atoms with van der Waals surface area (Å²) in [5, 5.41) is 9.72. The van der Waals surface area contributed by atoms with Crippen molar-refractivity contribution in [1.29, 1.82) is 0 Å². The molecule has 104 valence electrons. The third-order valence-corrected chi connectivity index (χ3v) is 5.30. The van der Waals surface area contributed by atoms with E-state index in [4.69, 9.17) is 0 Å². The van der Waals surface area contributed by atoms with Gasteiger partial charge >= 0.3 is 5.97 Å². The van der Waals surface area contributed by atoms with Gasteiger partial charge in [0.2, 0.25) is 0 Å². The summed E-state index contributed by atoms with van der Waals surface area (Å²) < 4.78 is 0. The van der Waals surface area contributed by atoms with Gasteiger partial charge in [-0.25, -0.2) is 0 Å². The highest BCUT2D eigenvalue weighted by atomic mass is 16.4. The number of aliphatic carboxylic acids is 1. The Bertz CT molecular complexity index is 287. The molecule has 0 bridgehead atoms. The van der Waals surface area contributed by atoms with Crippen LogP contribution in [-0.4, -0.2) is 34.6 Å². The van der Waals surface area contributed by atoms with Gasteiger partial charge in [0.25, 0.3) is 0 Å². The van der Waals surface area contributed by atoms with Crippen LogP contribution in [0.1, 0.15) is 58.8 Å². The average molecular weight is 253 g/mol. The molecule has 1 aliphatic heterocycles. The predicted molar refractivity (Wildman–Crippen MR) is 72.6 cm³/mol. The van der Waals surface area contributed by atoms with E-state index in [-0.39, 0.29) is 0 Å². The summed E-state index contributed by atoms with van der Waals surface area (Å²) in [7, 11) is 0. The van der Waals surface area contributed by atoms with Crippen LogP contribution in [0.15, 0.2) is 0 Å². The number of piperidine rings is 1. The first-order valence-electron chi connectivity index (χ1n) is 7.57. The SMILES string of the molecule is CCC1CCC(C(=O)O)(N2CCC(C)CC2)CC1. The van der Waals surface area contributed by atoms with Crippen molar-refractivity contribution in [3.8, 4) is 0 Å². The third-order valence-electron chi connectivity index (χ3n) is 5.30. The van der Waals surface area contributed by atoms with Gasteiger partial charge in [-0.1, -0.05) is 20.3 Å². The molecule has 0 spiro atoms. The number of likely N-dealkylation sites (tertiary alicyclic amines) is 1. The maximum absolute atomic E-state index is 11.8. The lowest BCUT2D eigenvalue weighted by Gasteiger charge is -2.47. The summed E-state index contributed by atoms with van der Waals surface area (Å²) >= 11 is 0. The quantitative estimate of drug-likeness (QED) is 0.840. The summed E-state index contributed by atoms with van der Waals surface area (Å²) in [6, 6.07) is 0. The number of carboxylic acid groups (broad SMARTS) is 1. The van der Waals surface area contributed by atoms with Crippen molar-refractivity contribution in [2.24, 2.45) is 11.8 Å². The molecule has 0 unspecified atom stereocenters. The van der Waals surface area contributed by atoms with Crippen molar-refractivity contribution < 1.29 is 9.90 Å². The molecule has 2 rings (SSSR count). The lowest BCUT2D eigenvalue weighted by molar-refractivity contribution is -0.156. The van der Waals surface area contributed by atoms with Crippen molar-refractivity contribution >= 4 is 5.97 Å². The summed E-state index contributed by atoms with van der Waals surface area (Å²) in [4.78, 5) is 14.1. The molecule has 0 amide bonds. The molecule has 1 N–H and O–H groups in total. The van der Waals surface area contributed by atoms with E-state index in [1.165, 1.54) is 6.42 Å². The number of hydrogen-bond donors (Lipinski definition) is 1. The molecular formula is C15H27NO2. The number of carbonyl (C=O) groups is 1. The first-order chi connectivity index (χ1) is 8.58. The first-order valence-corrected chi connectivity index (χ1v) is 7.57. The fourth-order valence-corrected chi connectivity index (χ4v) is 3.67. The molecule has 3 heteroatoms. The zero-order chi connectivity index (χ0) is 13.2. The first kappa shape index (κ1) is 13.9.